The van der Waals surface area contributed by atoms with E-state index in [2.05, 4.69) is 6.92 Å². The molecule has 2 rings (SSSR count). The van der Waals surface area contributed by atoms with Gasteiger partial charge in [-0.15, -0.1) is 0 Å². The average Bonchev–Trinajstić information content (AvgIpc) is 2.33. The zero-order chi connectivity index (χ0) is 15.1. The number of halogens is 1. The van der Waals surface area contributed by atoms with Crippen LogP contribution in [0.2, 0.25) is 0 Å². The molecule has 0 spiro atoms. The lowest BCUT2D eigenvalue weighted by atomic mass is 9.95. The third-order valence-electron chi connectivity index (χ3n) is 3.98. The summed E-state index contributed by atoms with van der Waals surface area (Å²) in [6.07, 6.45) is 1.65. The van der Waals surface area contributed by atoms with Crippen molar-refractivity contribution in [1.29, 1.82) is 0 Å². The van der Waals surface area contributed by atoms with Gasteiger partial charge in [0.05, 0.1) is 4.90 Å². The number of nitrogens with zero attached hydrogens (tertiary/aromatic N) is 1. The van der Waals surface area contributed by atoms with Crippen LogP contribution < -0.4 is 5.73 Å². The summed E-state index contributed by atoms with van der Waals surface area (Å²) in [6.45, 7) is 5.95. The molecule has 0 saturated carbocycles. The fraction of sp³-hybridized carbons (Fsp3) is 0.571. The summed E-state index contributed by atoms with van der Waals surface area (Å²) >= 11 is 0. The molecule has 2 unspecified atom stereocenters. The van der Waals surface area contributed by atoms with Gasteiger partial charge >= 0.3 is 0 Å². The molecule has 2 atom stereocenters. The number of hydrogen-bond donors (Lipinski definition) is 1. The van der Waals surface area contributed by atoms with E-state index in [9.17, 15) is 12.8 Å². The van der Waals surface area contributed by atoms with Gasteiger partial charge in [0, 0.05) is 23.8 Å². The first-order valence-corrected chi connectivity index (χ1v) is 8.25. The normalized spacial score (nSPS) is 24.8. The van der Waals surface area contributed by atoms with E-state index in [1.165, 1.54) is 17.3 Å². The molecule has 112 valence electrons. The Bertz CT molecular complexity index is 616. The molecular formula is C14H21FN2O2S. The maximum Gasteiger partial charge on any atom is 0.243 e. The van der Waals surface area contributed by atoms with Crippen LogP contribution in [0, 0.1) is 18.7 Å². The minimum atomic E-state index is -3.70. The fourth-order valence-corrected chi connectivity index (χ4v) is 4.74. The summed E-state index contributed by atoms with van der Waals surface area (Å²) < 4.78 is 40.7. The highest BCUT2D eigenvalue weighted by Gasteiger charge is 2.34. The maximum absolute atomic E-state index is 13.7. The van der Waals surface area contributed by atoms with Gasteiger partial charge in [-0.05, 0) is 44.7 Å². The van der Waals surface area contributed by atoms with Crippen molar-refractivity contribution in [2.24, 2.45) is 5.92 Å². The second-order valence-corrected chi connectivity index (χ2v) is 7.58. The summed E-state index contributed by atoms with van der Waals surface area (Å²) in [7, 11) is -3.70. The summed E-state index contributed by atoms with van der Waals surface area (Å²) in [4.78, 5) is -0.0172. The van der Waals surface area contributed by atoms with E-state index in [1.807, 2.05) is 6.92 Å². The number of rotatable bonds is 2. The van der Waals surface area contributed by atoms with Crippen molar-refractivity contribution in [3.05, 3.63) is 23.5 Å². The van der Waals surface area contributed by atoms with E-state index in [1.54, 1.807) is 0 Å². The number of anilines is 1. The van der Waals surface area contributed by atoms with E-state index >= 15 is 0 Å². The molecule has 0 bridgehead atoms. The first kappa shape index (κ1) is 15.3. The van der Waals surface area contributed by atoms with Crippen molar-refractivity contribution in [2.45, 2.75) is 44.6 Å². The van der Waals surface area contributed by atoms with Gasteiger partial charge in [0.2, 0.25) is 10.0 Å². The average molecular weight is 300 g/mol. The summed E-state index contributed by atoms with van der Waals surface area (Å²) in [5, 5.41) is 0. The van der Waals surface area contributed by atoms with E-state index < -0.39 is 15.8 Å². The van der Waals surface area contributed by atoms with Gasteiger partial charge in [0.1, 0.15) is 5.82 Å². The number of nitrogens with two attached hydrogens (primary N) is 1. The second-order valence-electron chi connectivity index (χ2n) is 5.72. The molecule has 1 aliphatic heterocycles. The molecule has 6 heteroatoms. The first-order chi connectivity index (χ1) is 9.23. The lowest BCUT2D eigenvalue weighted by Crippen LogP contribution is -2.44. The largest absolute Gasteiger partial charge is 0.399 e. The smallest absolute Gasteiger partial charge is 0.243 e. The predicted molar refractivity (Wildman–Crippen MR) is 77.3 cm³/mol. The Morgan fingerprint density at radius 1 is 1.35 bits per heavy atom. The third kappa shape index (κ3) is 2.67. The molecule has 2 N–H and O–H groups in total. The molecule has 1 aliphatic rings. The highest BCUT2D eigenvalue weighted by atomic mass is 32.2. The maximum atomic E-state index is 13.7. The number of hydrogen-bond acceptors (Lipinski definition) is 3. The van der Waals surface area contributed by atoms with Crippen molar-refractivity contribution < 1.29 is 12.8 Å². The molecule has 0 amide bonds. The van der Waals surface area contributed by atoms with Crippen molar-refractivity contribution >= 4 is 15.7 Å². The number of benzene rings is 1. The Hall–Kier alpha value is -1.14. The van der Waals surface area contributed by atoms with Crippen molar-refractivity contribution in [1.82, 2.24) is 4.31 Å². The van der Waals surface area contributed by atoms with Crippen LogP contribution in [0.1, 0.15) is 32.3 Å². The number of sulfonamides is 1. The van der Waals surface area contributed by atoms with E-state index in [0.29, 0.717) is 12.5 Å². The Morgan fingerprint density at radius 2 is 2.00 bits per heavy atom. The predicted octanol–water partition coefficient (Wildman–Crippen LogP) is 2.53. The highest BCUT2D eigenvalue weighted by Crippen LogP contribution is 2.31. The van der Waals surface area contributed by atoms with Gasteiger partial charge < -0.3 is 5.73 Å². The number of nitrogen functional groups attached to an aromatic ring is 1. The van der Waals surface area contributed by atoms with Gasteiger partial charge in [-0.25, -0.2) is 12.8 Å². The molecule has 20 heavy (non-hydrogen) atoms. The highest BCUT2D eigenvalue weighted by molar-refractivity contribution is 7.89. The molecule has 1 saturated heterocycles. The first-order valence-electron chi connectivity index (χ1n) is 6.81. The van der Waals surface area contributed by atoms with Crippen molar-refractivity contribution in [3.8, 4) is 0 Å². The van der Waals surface area contributed by atoms with Crippen LogP contribution in [0.3, 0.4) is 0 Å². The van der Waals surface area contributed by atoms with Crippen LogP contribution >= 0.6 is 0 Å². The zero-order valence-corrected chi connectivity index (χ0v) is 12.9. The molecule has 0 aliphatic carbocycles. The lowest BCUT2D eigenvalue weighted by molar-refractivity contribution is 0.220. The summed E-state index contributed by atoms with van der Waals surface area (Å²) in [5.41, 5.74) is 5.85. The van der Waals surface area contributed by atoms with Gasteiger partial charge in [0.25, 0.3) is 0 Å². The van der Waals surface area contributed by atoms with Crippen LogP contribution in [0.4, 0.5) is 10.1 Å². The summed E-state index contributed by atoms with van der Waals surface area (Å²) in [6, 6.07) is 2.42. The monoisotopic (exact) mass is 300 g/mol. The van der Waals surface area contributed by atoms with Crippen LogP contribution in [0.15, 0.2) is 17.0 Å². The Morgan fingerprint density at radius 3 is 2.60 bits per heavy atom. The van der Waals surface area contributed by atoms with Crippen molar-refractivity contribution in [2.75, 3.05) is 12.3 Å². The molecule has 4 nitrogen and oxygen atoms in total. The Kier molecular flexibility index (Phi) is 4.07. The van der Waals surface area contributed by atoms with Crippen LogP contribution in [-0.2, 0) is 10.0 Å². The minimum Gasteiger partial charge on any atom is -0.399 e. The van der Waals surface area contributed by atoms with Crippen molar-refractivity contribution in [3.63, 3.8) is 0 Å². The SMILES string of the molecule is Cc1c(F)cc(N)cc1S(=O)(=O)N1CCC(C)CC1C. The Labute approximate surface area is 119 Å². The van der Waals surface area contributed by atoms with Gasteiger partial charge in [-0.1, -0.05) is 6.92 Å². The summed E-state index contributed by atoms with van der Waals surface area (Å²) in [5.74, 6) is -0.0725. The Balaban J connectivity index is 2.46. The van der Waals surface area contributed by atoms with Crippen LogP contribution in [0.5, 0.6) is 0 Å². The van der Waals surface area contributed by atoms with Crippen LogP contribution in [0.25, 0.3) is 0 Å². The quantitative estimate of drug-likeness (QED) is 0.854. The molecule has 0 radical (unpaired) electrons. The van der Waals surface area contributed by atoms with E-state index in [0.717, 1.165) is 18.9 Å². The van der Waals surface area contributed by atoms with Gasteiger partial charge in [-0.3, -0.25) is 0 Å². The molecule has 1 fully saturated rings. The van der Waals surface area contributed by atoms with Gasteiger partial charge in [0.15, 0.2) is 0 Å². The molecule has 1 aromatic rings. The lowest BCUT2D eigenvalue weighted by Gasteiger charge is -2.35. The fourth-order valence-electron chi connectivity index (χ4n) is 2.81. The minimum absolute atomic E-state index is 0.0172. The van der Waals surface area contributed by atoms with Gasteiger partial charge in [-0.2, -0.15) is 4.31 Å². The van der Waals surface area contributed by atoms with Crippen LogP contribution in [-0.4, -0.2) is 25.3 Å². The molecule has 1 heterocycles. The molecule has 0 aromatic heterocycles. The standard InChI is InChI=1S/C14H21FN2O2S/c1-9-4-5-17(10(2)6-9)20(18,19)14-8-12(16)7-13(15)11(14)3/h7-10H,4-6,16H2,1-3H3. The molecule has 1 aromatic carbocycles. The topological polar surface area (TPSA) is 63.4 Å². The molecular weight excluding hydrogens is 279 g/mol. The van der Waals surface area contributed by atoms with E-state index in [-0.39, 0.29) is 22.2 Å². The third-order valence-corrected chi connectivity index (χ3v) is 6.12. The second kappa shape index (κ2) is 5.33. The number of piperidine rings is 1. The van der Waals surface area contributed by atoms with E-state index in [4.69, 9.17) is 5.73 Å². The zero-order valence-electron chi connectivity index (χ0n) is 12.1.